The number of thiazole rings is 1. The highest BCUT2D eigenvalue weighted by Gasteiger charge is 2.24. The van der Waals surface area contributed by atoms with Crippen LogP contribution in [0.15, 0.2) is 88.6 Å². The largest absolute Gasteiger partial charge is 1.00 e. The fraction of sp³-hybridized carbons (Fsp3) is 0.130. The maximum Gasteiger partial charge on any atom is 0.360 e. The average molecular weight is 468 g/mol. The highest BCUT2D eigenvalue weighted by molar-refractivity contribution is 7.15. The van der Waals surface area contributed by atoms with Gasteiger partial charge in [0.2, 0.25) is 0 Å². The first-order valence-electron chi connectivity index (χ1n) is 9.19. The maximum absolute atomic E-state index is 5.61. The summed E-state index contributed by atoms with van der Waals surface area (Å²) in [5.41, 5.74) is 7.68. The van der Waals surface area contributed by atoms with E-state index in [-0.39, 0.29) is 17.0 Å². The third-order valence-corrected chi connectivity index (χ3v) is 5.55. The lowest BCUT2D eigenvalue weighted by molar-refractivity contribution is -0.661. The van der Waals surface area contributed by atoms with Crippen LogP contribution in [-0.2, 0) is 6.54 Å². The molecule has 4 aromatic rings. The van der Waals surface area contributed by atoms with Gasteiger partial charge in [-0.15, -0.1) is 5.43 Å². The van der Waals surface area contributed by atoms with Crippen LogP contribution in [-0.4, -0.2) is 5.71 Å². The predicted molar refractivity (Wildman–Crippen MR) is 115 cm³/mol. The predicted octanol–water partition coefficient (Wildman–Crippen LogP) is 2.49. The number of hydrazone groups is 1. The zero-order chi connectivity index (χ0) is 19.3. The SMILES string of the molecule is CC(=NNc1sc(C)c(-c2ccccc2)[n+]1Cc1ccco1)c1ccccc1.[Br-]. The molecule has 2 heterocycles. The summed E-state index contributed by atoms with van der Waals surface area (Å²) in [7, 11) is 0. The zero-order valence-electron chi connectivity index (χ0n) is 16.3. The third kappa shape index (κ3) is 4.83. The van der Waals surface area contributed by atoms with Gasteiger partial charge in [0.25, 0.3) is 0 Å². The van der Waals surface area contributed by atoms with Crippen molar-refractivity contribution >= 4 is 22.2 Å². The molecule has 6 heteroatoms. The number of halogens is 1. The summed E-state index contributed by atoms with van der Waals surface area (Å²) in [6.45, 7) is 4.80. The van der Waals surface area contributed by atoms with Crippen molar-refractivity contribution in [1.82, 2.24) is 0 Å². The molecule has 29 heavy (non-hydrogen) atoms. The van der Waals surface area contributed by atoms with Crippen LogP contribution in [0.2, 0.25) is 0 Å². The molecular formula is C23H22BrN3OS. The van der Waals surface area contributed by atoms with Crippen LogP contribution < -0.4 is 27.0 Å². The topological polar surface area (TPSA) is 41.4 Å². The van der Waals surface area contributed by atoms with Crippen LogP contribution in [0.5, 0.6) is 0 Å². The number of nitrogens with zero attached hydrogens (tertiary/aromatic N) is 2. The minimum atomic E-state index is 0. The fourth-order valence-electron chi connectivity index (χ4n) is 3.16. The first-order valence-corrected chi connectivity index (χ1v) is 10.0. The Bertz CT molecular complexity index is 1070. The van der Waals surface area contributed by atoms with Crippen LogP contribution in [0.3, 0.4) is 0 Å². The van der Waals surface area contributed by atoms with Crippen molar-refractivity contribution in [1.29, 1.82) is 0 Å². The second-order valence-corrected chi connectivity index (χ2v) is 7.72. The second kappa shape index (κ2) is 9.67. The van der Waals surface area contributed by atoms with Gasteiger partial charge in [-0.3, -0.25) is 0 Å². The van der Waals surface area contributed by atoms with E-state index in [0.29, 0.717) is 6.54 Å². The molecule has 0 atom stereocenters. The molecule has 0 aliphatic heterocycles. The molecule has 0 radical (unpaired) electrons. The van der Waals surface area contributed by atoms with Gasteiger partial charge in [0.1, 0.15) is 18.0 Å². The van der Waals surface area contributed by atoms with Gasteiger partial charge >= 0.3 is 5.13 Å². The lowest BCUT2D eigenvalue weighted by Gasteiger charge is -2.05. The average Bonchev–Trinajstić information content (AvgIpc) is 3.35. The Balaban J connectivity index is 0.00000240. The molecule has 4 rings (SSSR count). The summed E-state index contributed by atoms with van der Waals surface area (Å²) in [6.07, 6.45) is 1.71. The molecule has 0 amide bonds. The Morgan fingerprint density at radius 2 is 1.69 bits per heavy atom. The number of anilines is 1. The highest BCUT2D eigenvalue weighted by atomic mass is 79.9. The maximum atomic E-state index is 5.61. The molecule has 0 aliphatic rings. The Morgan fingerprint density at radius 3 is 2.34 bits per heavy atom. The van der Waals surface area contributed by atoms with E-state index in [1.807, 2.05) is 43.3 Å². The van der Waals surface area contributed by atoms with E-state index in [4.69, 9.17) is 4.42 Å². The van der Waals surface area contributed by atoms with Crippen molar-refractivity contribution in [2.45, 2.75) is 20.4 Å². The molecule has 2 aromatic carbocycles. The van der Waals surface area contributed by atoms with Crippen LogP contribution in [0, 0.1) is 6.92 Å². The first kappa shape index (κ1) is 21.0. The molecule has 0 bridgehead atoms. The summed E-state index contributed by atoms with van der Waals surface area (Å²) in [5.74, 6) is 0.909. The van der Waals surface area contributed by atoms with Crippen LogP contribution >= 0.6 is 11.3 Å². The Labute approximate surface area is 185 Å². The van der Waals surface area contributed by atoms with Gasteiger partial charge in [-0.2, -0.15) is 0 Å². The normalized spacial score (nSPS) is 11.2. The van der Waals surface area contributed by atoms with Crippen LogP contribution in [0.4, 0.5) is 5.13 Å². The number of aromatic nitrogens is 1. The molecule has 2 aromatic heterocycles. The summed E-state index contributed by atoms with van der Waals surface area (Å²) in [4.78, 5) is 1.23. The van der Waals surface area contributed by atoms with E-state index in [1.54, 1.807) is 17.6 Å². The zero-order valence-corrected chi connectivity index (χ0v) is 18.7. The van der Waals surface area contributed by atoms with Gasteiger partial charge in [0, 0.05) is 5.56 Å². The molecular weight excluding hydrogens is 446 g/mol. The van der Waals surface area contributed by atoms with Crippen molar-refractivity contribution < 1.29 is 26.0 Å². The van der Waals surface area contributed by atoms with E-state index in [9.17, 15) is 0 Å². The lowest BCUT2D eigenvalue weighted by atomic mass is 10.1. The number of nitrogens with one attached hydrogen (secondary N) is 1. The van der Waals surface area contributed by atoms with E-state index in [2.05, 4.69) is 58.4 Å². The fourth-order valence-corrected chi connectivity index (χ4v) is 4.14. The van der Waals surface area contributed by atoms with Gasteiger partial charge in [-0.05, 0) is 42.9 Å². The van der Waals surface area contributed by atoms with Crippen molar-refractivity contribution in [3.05, 3.63) is 95.3 Å². The Morgan fingerprint density at radius 1 is 1.00 bits per heavy atom. The van der Waals surface area contributed by atoms with E-state index < -0.39 is 0 Å². The van der Waals surface area contributed by atoms with E-state index >= 15 is 0 Å². The molecule has 1 N–H and O–H groups in total. The first-order chi connectivity index (χ1) is 13.7. The minimum Gasteiger partial charge on any atom is -1.00 e. The lowest BCUT2D eigenvalue weighted by Crippen LogP contribution is -3.00. The van der Waals surface area contributed by atoms with Crippen molar-refractivity contribution in [2.75, 3.05) is 5.43 Å². The number of hydrogen-bond acceptors (Lipinski definition) is 4. The summed E-state index contributed by atoms with van der Waals surface area (Å²) >= 11 is 1.70. The van der Waals surface area contributed by atoms with Crippen molar-refractivity contribution in [3.8, 4) is 11.3 Å². The van der Waals surface area contributed by atoms with Gasteiger partial charge in [-0.1, -0.05) is 65.8 Å². The highest BCUT2D eigenvalue weighted by Crippen LogP contribution is 2.29. The monoisotopic (exact) mass is 467 g/mol. The minimum absolute atomic E-state index is 0. The quantitative estimate of drug-likeness (QED) is 0.269. The van der Waals surface area contributed by atoms with Crippen LogP contribution in [0.25, 0.3) is 11.3 Å². The number of rotatable bonds is 6. The van der Waals surface area contributed by atoms with Gasteiger partial charge < -0.3 is 21.4 Å². The molecule has 0 saturated heterocycles. The summed E-state index contributed by atoms with van der Waals surface area (Å²) in [5, 5.41) is 5.60. The third-order valence-electron chi connectivity index (χ3n) is 4.55. The standard InChI is InChI=1S/C23H21N3OS.BrH/c1-17(19-10-5-3-6-11-19)24-25-23-26(16-21-14-9-15-27-21)22(18(2)28-23)20-12-7-4-8-13-20;/h3-15H,16H2,1-2H3;1H. The molecule has 148 valence electrons. The van der Waals surface area contributed by atoms with Gasteiger partial charge in [-0.25, -0.2) is 4.57 Å². The molecule has 0 spiro atoms. The van der Waals surface area contributed by atoms with E-state index in [1.165, 1.54) is 16.1 Å². The number of aryl methyl sites for hydroxylation is 1. The smallest absolute Gasteiger partial charge is 0.360 e. The molecule has 4 nitrogen and oxygen atoms in total. The summed E-state index contributed by atoms with van der Waals surface area (Å²) < 4.78 is 7.84. The number of benzene rings is 2. The van der Waals surface area contributed by atoms with Crippen LogP contribution in [0.1, 0.15) is 23.1 Å². The number of hydrogen-bond donors (Lipinski definition) is 1. The van der Waals surface area contributed by atoms with Crippen molar-refractivity contribution in [3.63, 3.8) is 0 Å². The number of furan rings is 1. The van der Waals surface area contributed by atoms with Gasteiger partial charge in [0.05, 0.1) is 16.9 Å². The molecule has 0 saturated carbocycles. The Hall–Kier alpha value is -2.70. The summed E-state index contributed by atoms with van der Waals surface area (Å²) in [6, 6.07) is 24.5. The van der Waals surface area contributed by atoms with Gasteiger partial charge in [0.15, 0.2) is 0 Å². The Kier molecular flexibility index (Phi) is 7.01. The molecule has 0 fully saturated rings. The van der Waals surface area contributed by atoms with Crippen molar-refractivity contribution in [2.24, 2.45) is 5.10 Å². The molecule has 0 aliphatic carbocycles. The second-order valence-electron chi connectivity index (χ2n) is 6.52. The van der Waals surface area contributed by atoms with E-state index in [0.717, 1.165) is 22.2 Å². The molecule has 0 unspecified atom stereocenters.